The molecular formula is C16H28N2O5. The lowest BCUT2D eigenvalue weighted by atomic mass is 10.0. The highest BCUT2D eigenvalue weighted by Gasteiger charge is 2.35. The molecule has 132 valence electrons. The van der Waals surface area contributed by atoms with E-state index in [4.69, 9.17) is 9.47 Å². The van der Waals surface area contributed by atoms with Gasteiger partial charge in [-0.1, -0.05) is 13.3 Å². The quantitative estimate of drug-likeness (QED) is 0.696. The molecule has 0 bridgehead atoms. The van der Waals surface area contributed by atoms with Crippen molar-refractivity contribution in [3.8, 4) is 0 Å². The summed E-state index contributed by atoms with van der Waals surface area (Å²) in [6, 6.07) is -0.484. The maximum Gasteiger partial charge on any atom is 0.408 e. The highest BCUT2D eigenvalue weighted by Crippen LogP contribution is 2.20. The standard InChI is InChI=1S/C16H28N2O5/c1-6-7-12(18-15(21)23-16(3,4)5)13(22-10(2)19)14(20)17-11-8-9-11/h11-13H,6-9H2,1-5H3,(H,17,20)(H,18,21)/t12-,13+/m0/s1. The third-order valence-corrected chi connectivity index (χ3v) is 3.14. The number of carbonyl (C=O) groups is 3. The van der Waals surface area contributed by atoms with E-state index in [9.17, 15) is 14.4 Å². The SMILES string of the molecule is CCC[C@H](NC(=O)OC(C)(C)C)[C@@H](OC(C)=O)C(=O)NC1CC1. The Hall–Kier alpha value is -1.79. The molecule has 2 N–H and O–H groups in total. The van der Waals surface area contributed by atoms with Gasteiger partial charge in [0.05, 0.1) is 6.04 Å². The number of esters is 1. The Kier molecular flexibility index (Phi) is 6.84. The van der Waals surface area contributed by atoms with Crippen molar-refractivity contribution in [2.75, 3.05) is 0 Å². The van der Waals surface area contributed by atoms with E-state index in [-0.39, 0.29) is 11.9 Å². The van der Waals surface area contributed by atoms with E-state index in [1.807, 2.05) is 6.92 Å². The third-order valence-electron chi connectivity index (χ3n) is 3.14. The molecule has 1 fully saturated rings. The fraction of sp³-hybridized carbons (Fsp3) is 0.812. The number of alkyl carbamates (subject to hydrolysis) is 1. The first kappa shape index (κ1) is 19.3. The zero-order chi connectivity index (χ0) is 17.6. The lowest BCUT2D eigenvalue weighted by molar-refractivity contribution is -0.156. The van der Waals surface area contributed by atoms with Gasteiger partial charge in [-0.05, 0) is 40.0 Å². The van der Waals surface area contributed by atoms with Gasteiger partial charge in [0.1, 0.15) is 5.60 Å². The fourth-order valence-corrected chi connectivity index (χ4v) is 2.08. The molecule has 1 aliphatic carbocycles. The summed E-state index contributed by atoms with van der Waals surface area (Å²) >= 11 is 0. The van der Waals surface area contributed by atoms with Gasteiger partial charge in [-0.3, -0.25) is 9.59 Å². The minimum atomic E-state index is -1.06. The van der Waals surface area contributed by atoms with Crippen molar-refractivity contribution in [3.63, 3.8) is 0 Å². The second kappa shape index (κ2) is 8.17. The summed E-state index contributed by atoms with van der Waals surface area (Å²) in [7, 11) is 0. The van der Waals surface area contributed by atoms with E-state index in [0.717, 1.165) is 19.3 Å². The Balaban J connectivity index is 2.78. The van der Waals surface area contributed by atoms with Crippen LogP contribution in [0.4, 0.5) is 4.79 Å². The number of carbonyl (C=O) groups excluding carboxylic acids is 3. The van der Waals surface area contributed by atoms with E-state index in [1.165, 1.54) is 6.92 Å². The molecule has 0 aromatic rings. The lowest BCUT2D eigenvalue weighted by Gasteiger charge is -2.28. The Morgan fingerprint density at radius 3 is 2.26 bits per heavy atom. The molecule has 0 aromatic carbocycles. The minimum absolute atomic E-state index is 0.143. The summed E-state index contributed by atoms with van der Waals surface area (Å²) in [4.78, 5) is 35.7. The molecule has 1 saturated carbocycles. The first-order chi connectivity index (χ1) is 10.6. The van der Waals surface area contributed by atoms with Crippen LogP contribution in [0.3, 0.4) is 0 Å². The maximum atomic E-state index is 12.3. The van der Waals surface area contributed by atoms with Crippen molar-refractivity contribution in [1.29, 1.82) is 0 Å². The highest BCUT2D eigenvalue weighted by atomic mass is 16.6. The molecule has 23 heavy (non-hydrogen) atoms. The van der Waals surface area contributed by atoms with E-state index in [2.05, 4.69) is 10.6 Å². The van der Waals surface area contributed by atoms with E-state index in [0.29, 0.717) is 6.42 Å². The molecule has 2 atom stereocenters. The number of nitrogens with one attached hydrogen (secondary N) is 2. The summed E-state index contributed by atoms with van der Waals surface area (Å²) < 4.78 is 10.4. The van der Waals surface area contributed by atoms with Crippen LogP contribution in [0.15, 0.2) is 0 Å². The van der Waals surface area contributed by atoms with Gasteiger partial charge in [0.15, 0.2) is 6.10 Å². The number of rotatable bonds is 7. The van der Waals surface area contributed by atoms with Gasteiger partial charge >= 0.3 is 12.1 Å². The Labute approximate surface area is 137 Å². The van der Waals surface area contributed by atoms with Crippen LogP contribution in [0.2, 0.25) is 0 Å². The normalized spacial score (nSPS) is 16.9. The zero-order valence-electron chi connectivity index (χ0n) is 14.6. The molecule has 0 aromatic heterocycles. The smallest absolute Gasteiger partial charge is 0.408 e. The summed E-state index contributed by atoms with van der Waals surface area (Å²) in [5.74, 6) is -0.940. The molecular weight excluding hydrogens is 300 g/mol. The largest absolute Gasteiger partial charge is 0.450 e. The van der Waals surface area contributed by atoms with Crippen molar-refractivity contribution < 1.29 is 23.9 Å². The molecule has 1 aliphatic rings. The summed E-state index contributed by atoms with van der Waals surface area (Å²) in [5, 5.41) is 5.47. The van der Waals surface area contributed by atoms with Crippen molar-refractivity contribution in [2.24, 2.45) is 0 Å². The van der Waals surface area contributed by atoms with Crippen LogP contribution >= 0.6 is 0 Å². The molecule has 2 amide bonds. The van der Waals surface area contributed by atoms with E-state index >= 15 is 0 Å². The van der Waals surface area contributed by atoms with Crippen molar-refractivity contribution in [2.45, 2.75) is 84.1 Å². The van der Waals surface area contributed by atoms with Crippen LogP contribution in [0.25, 0.3) is 0 Å². The highest BCUT2D eigenvalue weighted by molar-refractivity contribution is 5.85. The Morgan fingerprint density at radius 2 is 1.83 bits per heavy atom. The molecule has 7 nitrogen and oxygen atoms in total. The van der Waals surface area contributed by atoms with E-state index in [1.54, 1.807) is 20.8 Å². The van der Waals surface area contributed by atoms with Crippen LogP contribution in [0.5, 0.6) is 0 Å². The second-order valence-corrected chi connectivity index (χ2v) is 6.85. The summed E-state index contributed by atoms with van der Waals surface area (Å²) in [6.45, 7) is 8.43. The molecule has 0 unspecified atom stereocenters. The molecule has 1 rings (SSSR count). The summed E-state index contributed by atoms with van der Waals surface area (Å²) in [6.07, 6.45) is 1.38. The Morgan fingerprint density at radius 1 is 1.22 bits per heavy atom. The fourth-order valence-electron chi connectivity index (χ4n) is 2.08. The Bertz CT molecular complexity index is 440. The monoisotopic (exact) mass is 328 g/mol. The second-order valence-electron chi connectivity index (χ2n) is 6.85. The van der Waals surface area contributed by atoms with Gasteiger partial charge in [0.2, 0.25) is 0 Å². The van der Waals surface area contributed by atoms with Crippen LogP contribution in [-0.2, 0) is 19.1 Å². The van der Waals surface area contributed by atoms with Gasteiger partial charge in [-0.25, -0.2) is 4.79 Å². The minimum Gasteiger partial charge on any atom is -0.450 e. The molecule has 0 heterocycles. The number of hydrogen-bond donors (Lipinski definition) is 2. The van der Waals surface area contributed by atoms with Crippen molar-refractivity contribution >= 4 is 18.0 Å². The van der Waals surface area contributed by atoms with Gasteiger partial charge in [-0.2, -0.15) is 0 Å². The topological polar surface area (TPSA) is 93.7 Å². The molecule has 0 radical (unpaired) electrons. The molecule has 0 aliphatic heterocycles. The van der Waals surface area contributed by atoms with Crippen LogP contribution in [-0.4, -0.2) is 41.8 Å². The average molecular weight is 328 g/mol. The first-order valence-corrected chi connectivity index (χ1v) is 8.09. The average Bonchev–Trinajstić information content (AvgIpc) is 3.16. The van der Waals surface area contributed by atoms with E-state index < -0.39 is 29.8 Å². The van der Waals surface area contributed by atoms with Gasteiger partial charge in [-0.15, -0.1) is 0 Å². The van der Waals surface area contributed by atoms with Gasteiger partial charge < -0.3 is 20.1 Å². The van der Waals surface area contributed by atoms with Crippen LogP contribution in [0.1, 0.15) is 60.3 Å². The number of hydrogen-bond acceptors (Lipinski definition) is 5. The van der Waals surface area contributed by atoms with Gasteiger partial charge in [0.25, 0.3) is 5.91 Å². The van der Waals surface area contributed by atoms with Gasteiger partial charge in [0, 0.05) is 13.0 Å². The van der Waals surface area contributed by atoms with Crippen molar-refractivity contribution in [1.82, 2.24) is 10.6 Å². The predicted molar refractivity (Wildman–Crippen MR) is 84.8 cm³/mol. The van der Waals surface area contributed by atoms with Crippen molar-refractivity contribution in [3.05, 3.63) is 0 Å². The van der Waals surface area contributed by atoms with Crippen LogP contribution < -0.4 is 10.6 Å². The zero-order valence-corrected chi connectivity index (χ0v) is 14.6. The third kappa shape index (κ3) is 7.85. The maximum absolute atomic E-state index is 12.3. The number of ether oxygens (including phenoxy) is 2. The molecule has 0 spiro atoms. The molecule has 7 heteroatoms. The summed E-state index contributed by atoms with van der Waals surface area (Å²) in [5.41, 5.74) is -0.645. The number of amides is 2. The predicted octanol–water partition coefficient (Wildman–Crippen LogP) is 1.89. The lowest BCUT2D eigenvalue weighted by Crippen LogP contribution is -2.53. The van der Waals surface area contributed by atoms with Crippen LogP contribution in [0, 0.1) is 0 Å². The molecule has 0 saturated heterocycles. The first-order valence-electron chi connectivity index (χ1n) is 8.09.